The third-order valence-corrected chi connectivity index (χ3v) is 9.64. The summed E-state index contributed by atoms with van der Waals surface area (Å²) < 4.78 is 7.81. The maximum atomic E-state index is 13.6. The molecule has 0 bridgehead atoms. The van der Waals surface area contributed by atoms with Gasteiger partial charge in [0.25, 0.3) is 5.91 Å². The second kappa shape index (κ2) is 11.2. The molecule has 41 heavy (non-hydrogen) atoms. The molecule has 6 heteroatoms. The molecule has 5 aromatic rings. The van der Waals surface area contributed by atoms with E-state index >= 15 is 0 Å². The number of rotatable bonds is 7. The van der Waals surface area contributed by atoms with E-state index in [9.17, 15) is 4.79 Å². The number of carbonyl (C=O) groups excluding carboxylic acids is 1. The Morgan fingerprint density at radius 1 is 1.10 bits per heavy atom. The summed E-state index contributed by atoms with van der Waals surface area (Å²) in [4.78, 5) is 20.0. The normalized spacial score (nSPS) is 15.5. The lowest BCUT2D eigenvalue weighted by molar-refractivity contribution is 0.0947. The topological polar surface area (TPSA) is 59.5 Å². The molecule has 0 saturated carbocycles. The standard InChI is InChI=1S/C35H37N3O2S/c1-23-29(27-14-8-9-15-30(27)38(23)22-24-11-6-5-7-12-24)21-37-34-32(33(39)36-20-26-13-10-18-40-26)28-17-16-25(35(2,3)4)19-31(28)41-34/h5-15,18,21,25H,16-17,19-20,22H2,1-4H3,(H,36,39)/t25-/m1/s1. The van der Waals surface area contributed by atoms with E-state index in [-0.39, 0.29) is 11.3 Å². The molecule has 3 heterocycles. The Morgan fingerprint density at radius 2 is 1.88 bits per heavy atom. The van der Waals surface area contributed by atoms with E-state index in [0.717, 1.165) is 53.4 Å². The summed E-state index contributed by atoms with van der Waals surface area (Å²) in [5, 5.41) is 5.05. The highest BCUT2D eigenvalue weighted by molar-refractivity contribution is 7.16. The maximum absolute atomic E-state index is 13.6. The minimum absolute atomic E-state index is 0.0801. The van der Waals surface area contributed by atoms with Crippen LogP contribution in [0.15, 0.2) is 82.4 Å². The first-order chi connectivity index (χ1) is 19.8. The van der Waals surface area contributed by atoms with Gasteiger partial charge in [-0.15, -0.1) is 11.3 Å². The van der Waals surface area contributed by atoms with Crippen molar-refractivity contribution in [2.24, 2.45) is 16.3 Å². The number of thiophene rings is 1. The molecule has 0 saturated heterocycles. The average Bonchev–Trinajstić information content (AvgIpc) is 3.68. The summed E-state index contributed by atoms with van der Waals surface area (Å²) in [6.07, 6.45) is 6.59. The van der Waals surface area contributed by atoms with Gasteiger partial charge in [0.2, 0.25) is 0 Å². The van der Waals surface area contributed by atoms with E-state index in [1.807, 2.05) is 18.3 Å². The number of aromatic nitrogens is 1. The van der Waals surface area contributed by atoms with E-state index in [0.29, 0.717) is 12.5 Å². The SMILES string of the molecule is Cc1c(C=Nc2sc3c(c2C(=O)NCc2ccco2)CC[C@@H](C(C)(C)C)C3)c2ccccc2n1Cc1ccccc1. The highest BCUT2D eigenvalue weighted by Gasteiger charge is 2.33. The first-order valence-corrected chi connectivity index (χ1v) is 15.2. The van der Waals surface area contributed by atoms with Crippen molar-refractivity contribution >= 4 is 39.4 Å². The van der Waals surface area contributed by atoms with E-state index < -0.39 is 0 Å². The zero-order valence-corrected chi connectivity index (χ0v) is 25.1. The van der Waals surface area contributed by atoms with Gasteiger partial charge >= 0.3 is 0 Å². The minimum atomic E-state index is -0.0801. The highest BCUT2D eigenvalue weighted by Crippen LogP contribution is 2.45. The van der Waals surface area contributed by atoms with Gasteiger partial charge in [0.05, 0.1) is 18.4 Å². The Morgan fingerprint density at radius 3 is 2.63 bits per heavy atom. The quantitative estimate of drug-likeness (QED) is 0.202. The molecule has 0 aliphatic heterocycles. The lowest BCUT2D eigenvalue weighted by Gasteiger charge is -2.33. The Kier molecular flexibility index (Phi) is 7.43. The highest BCUT2D eigenvalue weighted by atomic mass is 32.1. The van der Waals surface area contributed by atoms with Crippen molar-refractivity contribution in [2.75, 3.05) is 0 Å². The average molecular weight is 564 g/mol. The second-order valence-electron chi connectivity index (χ2n) is 12.1. The monoisotopic (exact) mass is 563 g/mol. The van der Waals surface area contributed by atoms with Crippen LogP contribution in [0.4, 0.5) is 5.00 Å². The van der Waals surface area contributed by atoms with Gasteiger partial charge in [-0.25, -0.2) is 4.99 Å². The van der Waals surface area contributed by atoms with E-state index in [4.69, 9.17) is 9.41 Å². The maximum Gasteiger partial charge on any atom is 0.255 e. The molecule has 1 N–H and O–H groups in total. The number of amides is 1. The molecule has 6 rings (SSSR count). The Bertz CT molecular complexity index is 1700. The predicted octanol–water partition coefficient (Wildman–Crippen LogP) is 8.48. The number of aliphatic imine (C=N–C) groups is 1. The number of hydrogen-bond acceptors (Lipinski definition) is 4. The molecule has 2 aromatic carbocycles. The van der Waals surface area contributed by atoms with Crippen LogP contribution < -0.4 is 5.32 Å². The van der Waals surface area contributed by atoms with Crippen LogP contribution in [0.25, 0.3) is 10.9 Å². The van der Waals surface area contributed by atoms with Gasteiger partial charge in [-0.05, 0) is 66.8 Å². The van der Waals surface area contributed by atoms with Gasteiger partial charge in [0.1, 0.15) is 10.8 Å². The molecule has 210 valence electrons. The van der Waals surface area contributed by atoms with Crippen LogP contribution in [0.2, 0.25) is 0 Å². The molecular formula is C35H37N3O2S. The third kappa shape index (κ3) is 5.53. The third-order valence-electron chi connectivity index (χ3n) is 8.48. The van der Waals surface area contributed by atoms with Crippen molar-refractivity contribution in [3.8, 4) is 0 Å². The molecule has 1 aliphatic carbocycles. The van der Waals surface area contributed by atoms with Crippen LogP contribution in [-0.4, -0.2) is 16.7 Å². The van der Waals surface area contributed by atoms with Gasteiger partial charge < -0.3 is 14.3 Å². The molecule has 3 aromatic heterocycles. The first-order valence-electron chi connectivity index (χ1n) is 14.4. The van der Waals surface area contributed by atoms with Crippen molar-refractivity contribution in [3.05, 3.63) is 112 Å². The molecule has 0 fully saturated rings. The fourth-order valence-electron chi connectivity index (χ4n) is 6.02. The lowest BCUT2D eigenvalue weighted by Crippen LogP contribution is -2.28. The van der Waals surface area contributed by atoms with Crippen LogP contribution in [0.1, 0.15) is 70.6 Å². The van der Waals surface area contributed by atoms with E-state index in [1.165, 1.54) is 26.9 Å². The molecule has 1 aliphatic rings. The summed E-state index contributed by atoms with van der Waals surface area (Å²) in [5.74, 6) is 1.24. The van der Waals surface area contributed by atoms with Gasteiger partial charge in [-0.2, -0.15) is 0 Å². The summed E-state index contributed by atoms with van der Waals surface area (Å²) >= 11 is 1.68. The fraction of sp³-hybridized carbons (Fsp3) is 0.314. The predicted molar refractivity (Wildman–Crippen MR) is 169 cm³/mol. The number of furan rings is 1. The summed E-state index contributed by atoms with van der Waals surface area (Å²) in [6.45, 7) is 10.3. The Labute approximate surface area is 245 Å². The largest absolute Gasteiger partial charge is 0.467 e. The van der Waals surface area contributed by atoms with Crippen LogP contribution >= 0.6 is 11.3 Å². The van der Waals surface area contributed by atoms with Gasteiger partial charge in [-0.1, -0.05) is 69.3 Å². The number of fused-ring (bicyclic) bond motifs is 2. The summed E-state index contributed by atoms with van der Waals surface area (Å²) in [6, 6.07) is 22.8. The second-order valence-corrected chi connectivity index (χ2v) is 13.2. The molecule has 5 nitrogen and oxygen atoms in total. The van der Waals surface area contributed by atoms with E-state index in [1.54, 1.807) is 17.6 Å². The number of para-hydroxylation sites is 1. The van der Waals surface area contributed by atoms with Gasteiger partial charge in [0.15, 0.2) is 0 Å². The van der Waals surface area contributed by atoms with Crippen molar-refractivity contribution in [2.45, 2.75) is 60.0 Å². The van der Waals surface area contributed by atoms with E-state index in [2.05, 4.69) is 92.2 Å². The van der Waals surface area contributed by atoms with Crippen molar-refractivity contribution in [1.82, 2.24) is 9.88 Å². The number of carbonyl (C=O) groups is 1. The number of hydrogen-bond donors (Lipinski definition) is 1. The van der Waals surface area contributed by atoms with Crippen LogP contribution in [0.3, 0.4) is 0 Å². The molecular weight excluding hydrogens is 526 g/mol. The molecule has 1 atom stereocenters. The Balaban J connectivity index is 1.38. The first kappa shape index (κ1) is 27.3. The van der Waals surface area contributed by atoms with Gasteiger partial charge in [0, 0.05) is 39.8 Å². The van der Waals surface area contributed by atoms with Crippen LogP contribution in [0, 0.1) is 18.3 Å². The number of nitrogens with one attached hydrogen (secondary N) is 1. The zero-order chi connectivity index (χ0) is 28.6. The molecule has 0 unspecified atom stereocenters. The number of benzene rings is 2. The lowest BCUT2D eigenvalue weighted by atomic mass is 9.72. The molecule has 1 amide bonds. The summed E-state index contributed by atoms with van der Waals surface area (Å²) in [7, 11) is 0. The molecule has 0 spiro atoms. The van der Waals surface area contributed by atoms with Crippen molar-refractivity contribution in [3.63, 3.8) is 0 Å². The van der Waals surface area contributed by atoms with Crippen LogP contribution in [0.5, 0.6) is 0 Å². The fourth-order valence-corrected chi connectivity index (χ4v) is 7.29. The van der Waals surface area contributed by atoms with Crippen molar-refractivity contribution in [1.29, 1.82) is 0 Å². The van der Waals surface area contributed by atoms with Gasteiger partial charge in [-0.3, -0.25) is 4.79 Å². The summed E-state index contributed by atoms with van der Waals surface area (Å²) in [5.41, 5.74) is 6.83. The molecule has 0 radical (unpaired) electrons. The minimum Gasteiger partial charge on any atom is -0.467 e. The van der Waals surface area contributed by atoms with Crippen molar-refractivity contribution < 1.29 is 9.21 Å². The zero-order valence-electron chi connectivity index (χ0n) is 24.2. The number of nitrogens with zero attached hydrogens (tertiary/aromatic N) is 2. The Hall–Kier alpha value is -3.90. The van der Waals surface area contributed by atoms with Crippen LogP contribution in [-0.2, 0) is 25.9 Å². The smallest absolute Gasteiger partial charge is 0.255 e.